The normalized spacial score (nSPS) is 28.4. The molecular weight excluding hydrogens is 282 g/mol. The maximum absolute atomic E-state index is 10.9. The van der Waals surface area contributed by atoms with E-state index in [-0.39, 0.29) is 5.41 Å². The van der Waals surface area contributed by atoms with Crippen LogP contribution < -0.4 is 5.73 Å². The smallest absolute Gasteiger partial charge is 0.0872 e. The first-order chi connectivity index (χ1) is 9.80. The first kappa shape index (κ1) is 16.8. The van der Waals surface area contributed by atoms with Crippen LogP contribution in [0.2, 0.25) is 5.02 Å². The van der Waals surface area contributed by atoms with Gasteiger partial charge in [-0.15, -0.1) is 0 Å². The third-order valence-corrected chi connectivity index (χ3v) is 5.74. The number of rotatable bonds is 3. The molecule has 0 radical (unpaired) electrons. The van der Waals surface area contributed by atoms with Crippen molar-refractivity contribution in [1.29, 1.82) is 0 Å². The number of aliphatic hydroxyl groups is 1. The standard InChI is InChI=1S/C18H28ClNO/c1-17(2,3)13-8-10-18(12-20,11-9-13)16(21)14-6-4-5-7-15(14)19/h4-7,13,16,21H,8-12,20H2,1-3H3. The fraction of sp³-hybridized carbons (Fsp3) is 0.667. The Bertz CT molecular complexity index is 472. The van der Waals surface area contributed by atoms with E-state index in [0.717, 1.165) is 31.2 Å². The second kappa shape index (κ2) is 6.28. The molecule has 1 saturated carbocycles. The summed E-state index contributed by atoms with van der Waals surface area (Å²) in [5.74, 6) is 0.704. The highest BCUT2D eigenvalue weighted by molar-refractivity contribution is 6.31. The minimum atomic E-state index is -0.572. The lowest BCUT2D eigenvalue weighted by molar-refractivity contribution is -0.0233. The lowest BCUT2D eigenvalue weighted by atomic mass is 9.61. The molecule has 1 aliphatic carbocycles. The van der Waals surface area contributed by atoms with Gasteiger partial charge in [-0.2, -0.15) is 0 Å². The maximum atomic E-state index is 10.9. The van der Waals surface area contributed by atoms with E-state index in [0.29, 0.717) is 22.9 Å². The zero-order valence-electron chi connectivity index (χ0n) is 13.4. The third-order valence-electron chi connectivity index (χ3n) is 5.39. The molecule has 3 heteroatoms. The largest absolute Gasteiger partial charge is 0.388 e. The molecule has 0 spiro atoms. The molecule has 1 atom stereocenters. The first-order valence-corrected chi connectivity index (χ1v) is 8.30. The average Bonchev–Trinajstić information content (AvgIpc) is 2.46. The molecule has 1 aliphatic rings. The van der Waals surface area contributed by atoms with E-state index in [4.69, 9.17) is 17.3 Å². The van der Waals surface area contributed by atoms with Gasteiger partial charge >= 0.3 is 0 Å². The average molecular weight is 310 g/mol. The Labute approximate surface area is 133 Å². The minimum Gasteiger partial charge on any atom is -0.388 e. The van der Waals surface area contributed by atoms with Crippen molar-refractivity contribution in [3.05, 3.63) is 34.9 Å². The second-order valence-electron chi connectivity index (χ2n) is 7.63. The molecule has 118 valence electrons. The van der Waals surface area contributed by atoms with Gasteiger partial charge in [-0.25, -0.2) is 0 Å². The van der Waals surface area contributed by atoms with Crippen LogP contribution in [0.25, 0.3) is 0 Å². The third kappa shape index (κ3) is 3.44. The zero-order valence-corrected chi connectivity index (χ0v) is 14.2. The van der Waals surface area contributed by atoms with Crippen LogP contribution in [-0.2, 0) is 0 Å². The van der Waals surface area contributed by atoms with E-state index in [1.807, 2.05) is 24.3 Å². The quantitative estimate of drug-likeness (QED) is 0.860. The Balaban J connectivity index is 2.19. The van der Waals surface area contributed by atoms with Crippen LogP contribution in [0.5, 0.6) is 0 Å². The van der Waals surface area contributed by atoms with Gasteiger partial charge in [0.2, 0.25) is 0 Å². The fourth-order valence-corrected chi connectivity index (χ4v) is 3.91. The summed E-state index contributed by atoms with van der Waals surface area (Å²) >= 11 is 6.26. The van der Waals surface area contributed by atoms with Gasteiger partial charge in [-0.05, 0) is 48.6 Å². The number of aliphatic hydroxyl groups excluding tert-OH is 1. The fourth-order valence-electron chi connectivity index (χ4n) is 3.67. The highest BCUT2D eigenvalue weighted by atomic mass is 35.5. The molecule has 0 aromatic heterocycles. The molecule has 3 N–H and O–H groups in total. The Morgan fingerprint density at radius 1 is 1.29 bits per heavy atom. The molecular formula is C18H28ClNO. The molecule has 0 saturated heterocycles. The first-order valence-electron chi connectivity index (χ1n) is 7.93. The molecule has 1 unspecified atom stereocenters. The van der Waals surface area contributed by atoms with Crippen LogP contribution in [0, 0.1) is 16.7 Å². The molecule has 1 fully saturated rings. The highest BCUT2D eigenvalue weighted by Crippen LogP contribution is 2.51. The minimum absolute atomic E-state index is 0.229. The molecule has 0 bridgehead atoms. The summed E-state index contributed by atoms with van der Waals surface area (Å²) in [6, 6.07) is 7.57. The molecule has 1 aromatic carbocycles. The summed E-state index contributed by atoms with van der Waals surface area (Å²) in [5, 5.41) is 11.5. The van der Waals surface area contributed by atoms with E-state index in [2.05, 4.69) is 20.8 Å². The van der Waals surface area contributed by atoms with E-state index >= 15 is 0 Å². The van der Waals surface area contributed by atoms with Gasteiger partial charge in [-0.1, -0.05) is 50.6 Å². The number of nitrogens with two attached hydrogens (primary N) is 1. The van der Waals surface area contributed by atoms with Crippen LogP contribution in [0.3, 0.4) is 0 Å². The molecule has 2 nitrogen and oxygen atoms in total. The predicted molar refractivity (Wildman–Crippen MR) is 89.3 cm³/mol. The maximum Gasteiger partial charge on any atom is 0.0872 e. The topological polar surface area (TPSA) is 46.2 Å². The SMILES string of the molecule is CC(C)(C)C1CCC(CN)(C(O)c2ccccc2Cl)CC1. The van der Waals surface area contributed by atoms with Crippen LogP contribution in [-0.4, -0.2) is 11.7 Å². The van der Waals surface area contributed by atoms with Crippen molar-refractivity contribution >= 4 is 11.6 Å². The van der Waals surface area contributed by atoms with Gasteiger partial charge in [0.1, 0.15) is 0 Å². The van der Waals surface area contributed by atoms with E-state index in [1.165, 1.54) is 0 Å². The summed E-state index contributed by atoms with van der Waals surface area (Å²) in [7, 11) is 0. The number of benzene rings is 1. The van der Waals surface area contributed by atoms with Crippen LogP contribution in [0.4, 0.5) is 0 Å². The van der Waals surface area contributed by atoms with E-state index in [9.17, 15) is 5.11 Å². The highest BCUT2D eigenvalue weighted by Gasteiger charge is 2.43. The number of hydrogen-bond donors (Lipinski definition) is 2. The van der Waals surface area contributed by atoms with Crippen molar-refractivity contribution in [3.63, 3.8) is 0 Å². The Morgan fingerprint density at radius 3 is 2.33 bits per heavy atom. The van der Waals surface area contributed by atoms with Crippen LogP contribution in [0.1, 0.15) is 58.1 Å². The van der Waals surface area contributed by atoms with Crippen molar-refractivity contribution in [3.8, 4) is 0 Å². The Morgan fingerprint density at radius 2 is 1.86 bits per heavy atom. The summed E-state index contributed by atoms with van der Waals surface area (Å²) in [4.78, 5) is 0. The summed E-state index contributed by atoms with van der Waals surface area (Å²) in [6.07, 6.45) is 3.62. The molecule has 1 aromatic rings. The van der Waals surface area contributed by atoms with Crippen molar-refractivity contribution in [1.82, 2.24) is 0 Å². The zero-order chi connectivity index (χ0) is 15.7. The molecule has 0 heterocycles. The van der Waals surface area contributed by atoms with Gasteiger partial charge in [0, 0.05) is 17.0 Å². The summed E-state index contributed by atoms with van der Waals surface area (Å²) in [5.41, 5.74) is 7.00. The molecule has 2 rings (SSSR count). The number of hydrogen-bond acceptors (Lipinski definition) is 2. The Kier molecular flexibility index (Phi) is 5.02. The lowest BCUT2D eigenvalue weighted by Gasteiger charge is -2.46. The van der Waals surface area contributed by atoms with Crippen molar-refractivity contribution < 1.29 is 5.11 Å². The summed E-state index contributed by atoms with van der Waals surface area (Å²) in [6.45, 7) is 7.42. The van der Waals surface area contributed by atoms with E-state index in [1.54, 1.807) is 0 Å². The van der Waals surface area contributed by atoms with Gasteiger partial charge in [0.15, 0.2) is 0 Å². The van der Waals surface area contributed by atoms with E-state index < -0.39 is 6.10 Å². The van der Waals surface area contributed by atoms with Gasteiger partial charge < -0.3 is 10.8 Å². The number of halogens is 1. The van der Waals surface area contributed by atoms with Gasteiger partial charge in [-0.3, -0.25) is 0 Å². The summed E-state index contributed by atoms with van der Waals surface area (Å²) < 4.78 is 0. The second-order valence-corrected chi connectivity index (χ2v) is 8.04. The lowest BCUT2D eigenvalue weighted by Crippen LogP contribution is -2.42. The van der Waals surface area contributed by atoms with Gasteiger partial charge in [0.25, 0.3) is 0 Å². The predicted octanol–water partition coefficient (Wildman–Crippen LogP) is 4.55. The Hall–Kier alpha value is -0.570. The van der Waals surface area contributed by atoms with Crippen molar-refractivity contribution in [2.75, 3.05) is 6.54 Å². The van der Waals surface area contributed by atoms with Crippen molar-refractivity contribution in [2.45, 2.75) is 52.6 Å². The molecule has 21 heavy (non-hydrogen) atoms. The van der Waals surface area contributed by atoms with Crippen molar-refractivity contribution in [2.24, 2.45) is 22.5 Å². The van der Waals surface area contributed by atoms with Crippen LogP contribution in [0.15, 0.2) is 24.3 Å². The van der Waals surface area contributed by atoms with Crippen LogP contribution >= 0.6 is 11.6 Å². The monoisotopic (exact) mass is 309 g/mol. The van der Waals surface area contributed by atoms with Gasteiger partial charge in [0.05, 0.1) is 6.10 Å². The molecule has 0 aliphatic heterocycles. The molecule has 0 amide bonds.